The molecule has 2 aromatic heterocycles. The summed E-state index contributed by atoms with van der Waals surface area (Å²) >= 11 is 0. The van der Waals surface area contributed by atoms with Crippen molar-refractivity contribution in [3.63, 3.8) is 0 Å². The number of nitriles is 1. The minimum absolute atomic E-state index is 0.101. The highest BCUT2D eigenvalue weighted by Gasteiger charge is 2.22. The number of nitrogens with one attached hydrogen (secondary N) is 3. The van der Waals surface area contributed by atoms with Crippen LogP contribution in [0, 0.1) is 11.3 Å². The highest BCUT2D eigenvalue weighted by molar-refractivity contribution is 5.99. The van der Waals surface area contributed by atoms with E-state index >= 15 is 0 Å². The number of carbonyl (C=O) groups is 2. The van der Waals surface area contributed by atoms with Gasteiger partial charge >= 0.3 is 0 Å². The number of aromatic hydroxyl groups is 1. The van der Waals surface area contributed by atoms with Crippen molar-refractivity contribution in [2.45, 2.75) is 18.9 Å². The van der Waals surface area contributed by atoms with Crippen LogP contribution in [0.4, 0.5) is 23.0 Å². The Hall–Kier alpha value is -4.85. The van der Waals surface area contributed by atoms with Crippen molar-refractivity contribution in [1.29, 1.82) is 5.26 Å². The number of aromatic nitrogens is 2. The van der Waals surface area contributed by atoms with Crippen molar-refractivity contribution < 1.29 is 14.7 Å². The van der Waals surface area contributed by atoms with Gasteiger partial charge in [0.15, 0.2) is 0 Å². The third kappa shape index (κ3) is 5.44. The number of anilines is 4. The number of amides is 2. The maximum atomic E-state index is 12.0. The van der Waals surface area contributed by atoms with Crippen LogP contribution in [0.1, 0.15) is 39.1 Å². The molecule has 1 fully saturated rings. The second-order valence-corrected chi connectivity index (χ2v) is 8.34. The van der Waals surface area contributed by atoms with Crippen LogP contribution in [0.2, 0.25) is 0 Å². The van der Waals surface area contributed by atoms with Gasteiger partial charge in [-0.05, 0) is 37.1 Å². The summed E-state index contributed by atoms with van der Waals surface area (Å²) in [5, 5.41) is 28.1. The van der Waals surface area contributed by atoms with E-state index in [0.29, 0.717) is 22.8 Å². The Bertz CT molecular complexity index is 1310. The monoisotopic (exact) mass is 486 g/mol. The van der Waals surface area contributed by atoms with E-state index in [0.717, 1.165) is 31.7 Å². The van der Waals surface area contributed by atoms with E-state index in [2.05, 4.69) is 36.9 Å². The summed E-state index contributed by atoms with van der Waals surface area (Å²) in [6, 6.07) is 12.0. The van der Waals surface area contributed by atoms with Gasteiger partial charge in [0.05, 0.1) is 22.4 Å². The molecule has 11 nitrogen and oxygen atoms in total. The minimum Gasteiger partial charge on any atom is -0.507 e. The summed E-state index contributed by atoms with van der Waals surface area (Å²) in [4.78, 5) is 34.6. The van der Waals surface area contributed by atoms with E-state index in [9.17, 15) is 14.7 Å². The molecule has 2 amide bonds. The molecule has 0 unspecified atom stereocenters. The lowest BCUT2D eigenvalue weighted by Crippen LogP contribution is -2.39. The zero-order chi connectivity index (χ0) is 25.7. The molecule has 184 valence electrons. The fourth-order valence-corrected chi connectivity index (χ4v) is 4.04. The van der Waals surface area contributed by atoms with Crippen LogP contribution in [-0.2, 0) is 0 Å². The first kappa shape index (κ1) is 24.3. The van der Waals surface area contributed by atoms with E-state index in [-0.39, 0.29) is 22.9 Å². The van der Waals surface area contributed by atoms with Gasteiger partial charge in [0.25, 0.3) is 11.8 Å². The van der Waals surface area contributed by atoms with Gasteiger partial charge < -0.3 is 31.7 Å². The Morgan fingerprint density at radius 3 is 2.50 bits per heavy atom. The molecule has 6 N–H and O–H groups in total. The first-order chi connectivity index (χ1) is 17.4. The smallest absolute Gasteiger partial charge is 0.254 e. The standard InChI is InChI=1S/C25H26N8O3/c1-28-25(36)18-4-3-17(10-21(18)34)32-22-11-20(19(14-29-22)24(27)35)31-16-6-8-33(9-7-16)23-5-2-15(12-26)13-30-23/h2-5,10-11,13-14,16,34H,6-9H2,1H3,(H2,27,35)(H,28,36)(H2,29,31,32). The molecule has 0 saturated carbocycles. The van der Waals surface area contributed by atoms with Crippen LogP contribution in [0.3, 0.4) is 0 Å². The van der Waals surface area contributed by atoms with Gasteiger partial charge in [0.1, 0.15) is 23.5 Å². The third-order valence-corrected chi connectivity index (χ3v) is 5.97. The van der Waals surface area contributed by atoms with Gasteiger partial charge in [-0.3, -0.25) is 9.59 Å². The molecular weight excluding hydrogens is 460 g/mol. The van der Waals surface area contributed by atoms with Gasteiger partial charge in [-0.1, -0.05) is 0 Å². The summed E-state index contributed by atoms with van der Waals surface area (Å²) in [6.07, 6.45) is 4.58. The molecule has 1 aromatic carbocycles. The van der Waals surface area contributed by atoms with E-state index in [1.54, 1.807) is 24.4 Å². The zero-order valence-corrected chi connectivity index (χ0v) is 19.7. The van der Waals surface area contributed by atoms with Crippen LogP contribution >= 0.6 is 0 Å². The lowest BCUT2D eigenvalue weighted by molar-refractivity contribution is 0.0958. The molecule has 0 radical (unpaired) electrons. The number of primary amides is 1. The molecule has 3 heterocycles. The second-order valence-electron chi connectivity index (χ2n) is 8.34. The molecule has 36 heavy (non-hydrogen) atoms. The molecule has 0 atom stereocenters. The highest BCUT2D eigenvalue weighted by Crippen LogP contribution is 2.28. The number of hydrogen-bond acceptors (Lipinski definition) is 9. The summed E-state index contributed by atoms with van der Waals surface area (Å²) in [6.45, 7) is 1.52. The number of benzene rings is 1. The minimum atomic E-state index is -0.594. The number of nitrogens with zero attached hydrogens (tertiary/aromatic N) is 4. The van der Waals surface area contributed by atoms with Gasteiger partial charge in [0, 0.05) is 56.4 Å². The van der Waals surface area contributed by atoms with Crippen molar-refractivity contribution in [1.82, 2.24) is 15.3 Å². The number of rotatable bonds is 7. The maximum Gasteiger partial charge on any atom is 0.254 e. The number of hydrogen-bond donors (Lipinski definition) is 5. The summed E-state index contributed by atoms with van der Waals surface area (Å²) in [5.41, 5.74) is 7.60. The summed E-state index contributed by atoms with van der Waals surface area (Å²) < 4.78 is 0. The average molecular weight is 487 g/mol. The number of piperidine rings is 1. The molecule has 0 spiro atoms. The molecule has 11 heteroatoms. The topological polar surface area (TPSA) is 169 Å². The van der Waals surface area contributed by atoms with Crippen LogP contribution in [0.5, 0.6) is 5.75 Å². The van der Waals surface area contributed by atoms with Gasteiger partial charge in [-0.15, -0.1) is 0 Å². The number of nitrogens with two attached hydrogens (primary N) is 1. The SMILES string of the molecule is CNC(=O)c1ccc(Nc2cc(NC3CCN(c4ccc(C#N)cn4)CC3)c(C(N)=O)cn2)cc1O. The summed E-state index contributed by atoms with van der Waals surface area (Å²) in [5.74, 6) is 0.106. The Morgan fingerprint density at radius 1 is 1.11 bits per heavy atom. The lowest BCUT2D eigenvalue weighted by Gasteiger charge is -2.34. The summed E-state index contributed by atoms with van der Waals surface area (Å²) in [7, 11) is 1.49. The molecule has 0 bridgehead atoms. The van der Waals surface area contributed by atoms with Crippen LogP contribution < -0.4 is 26.6 Å². The predicted octanol–water partition coefficient (Wildman–Crippen LogP) is 2.34. The second kappa shape index (κ2) is 10.6. The molecule has 3 aromatic rings. The van der Waals surface area contributed by atoms with E-state index < -0.39 is 11.8 Å². The number of pyridine rings is 2. The fourth-order valence-electron chi connectivity index (χ4n) is 4.04. The lowest BCUT2D eigenvalue weighted by atomic mass is 10.0. The van der Waals surface area contributed by atoms with Gasteiger partial charge in [0.2, 0.25) is 0 Å². The Balaban J connectivity index is 1.45. The highest BCUT2D eigenvalue weighted by atomic mass is 16.3. The third-order valence-electron chi connectivity index (χ3n) is 5.97. The first-order valence-corrected chi connectivity index (χ1v) is 11.4. The Morgan fingerprint density at radius 2 is 1.89 bits per heavy atom. The average Bonchev–Trinajstić information content (AvgIpc) is 2.89. The van der Waals surface area contributed by atoms with E-state index in [1.807, 2.05) is 6.07 Å². The largest absolute Gasteiger partial charge is 0.507 e. The maximum absolute atomic E-state index is 12.0. The fraction of sp³-hybridized carbons (Fsp3) is 0.240. The molecule has 0 aliphatic carbocycles. The van der Waals surface area contributed by atoms with Gasteiger partial charge in [-0.25, -0.2) is 9.97 Å². The van der Waals surface area contributed by atoms with Crippen molar-refractivity contribution in [3.05, 3.63) is 65.5 Å². The van der Waals surface area contributed by atoms with Gasteiger partial charge in [-0.2, -0.15) is 5.26 Å². The Kier molecular flexibility index (Phi) is 7.15. The number of phenols is 1. The first-order valence-electron chi connectivity index (χ1n) is 11.4. The van der Waals surface area contributed by atoms with Crippen molar-refractivity contribution in [2.75, 3.05) is 35.7 Å². The zero-order valence-electron chi connectivity index (χ0n) is 19.7. The van der Waals surface area contributed by atoms with Crippen LogP contribution in [0.15, 0.2) is 48.8 Å². The molecule has 1 aliphatic heterocycles. The van der Waals surface area contributed by atoms with Crippen molar-refractivity contribution >= 4 is 34.8 Å². The van der Waals surface area contributed by atoms with Crippen LogP contribution in [-0.4, -0.2) is 53.1 Å². The molecule has 1 aliphatic rings. The quantitative estimate of drug-likeness (QED) is 0.336. The normalized spacial score (nSPS) is 13.5. The molecule has 4 rings (SSSR count). The molecular formula is C25H26N8O3. The molecule has 1 saturated heterocycles. The van der Waals surface area contributed by atoms with Crippen molar-refractivity contribution in [3.8, 4) is 11.8 Å². The van der Waals surface area contributed by atoms with E-state index in [1.165, 1.54) is 25.4 Å². The van der Waals surface area contributed by atoms with Crippen molar-refractivity contribution in [2.24, 2.45) is 5.73 Å². The predicted molar refractivity (Wildman–Crippen MR) is 135 cm³/mol. The van der Waals surface area contributed by atoms with E-state index in [4.69, 9.17) is 11.0 Å². The Labute approximate surface area is 208 Å². The number of carbonyl (C=O) groups excluding carboxylic acids is 2. The number of phenolic OH excluding ortho intramolecular Hbond substituents is 1. The van der Waals surface area contributed by atoms with Crippen LogP contribution in [0.25, 0.3) is 0 Å².